The van der Waals surface area contributed by atoms with Crippen LogP contribution in [0.25, 0.3) is 0 Å². The van der Waals surface area contributed by atoms with Crippen LogP contribution in [0.5, 0.6) is 5.75 Å². The molecule has 5 heteroatoms. The first-order valence-electron chi connectivity index (χ1n) is 6.53. The first kappa shape index (κ1) is 15.3. The van der Waals surface area contributed by atoms with Crippen molar-refractivity contribution in [1.82, 2.24) is 0 Å². The maximum absolute atomic E-state index is 11.8. The van der Waals surface area contributed by atoms with Crippen LogP contribution in [0.3, 0.4) is 0 Å². The molecule has 0 saturated heterocycles. The molecule has 21 heavy (non-hydrogen) atoms. The number of hydrogen-bond donors (Lipinski definition) is 1. The van der Waals surface area contributed by atoms with E-state index in [2.05, 4.69) is 0 Å². The molecule has 0 fully saturated rings. The fraction of sp³-hybridized carbons (Fsp3) is 0.188. The lowest BCUT2D eigenvalue weighted by atomic mass is 10.2. The Balaban J connectivity index is 2.23. The highest BCUT2D eigenvalue weighted by Gasteiger charge is 2.14. The summed E-state index contributed by atoms with van der Waals surface area (Å²) in [5.74, 6) is 0.403. The lowest BCUT2D eigenvalue weighted by Crippen LogP contribution is -2.08. The number of carbonyl (C=O) groups is 1. The fourth-order valence-electron chi connectivity index (χ4n) is 1.79. The molecule has 0 saturated carbocycles. The summed E-state index contributed by atoms with van der Waals surface area (Å²) in [6, 6.07) is 13.0. The minimum atomic E-state index is -0.396. The molecule has 2 N–H and O–H groups in total. The molecular weight excluding hydrogens is 286 g/mol. The van der Waals surface area contributed by atoms with Gasteiger partial charge in [0, 0.05) is 9.79 Å². The molecule has 110 valence electrons. The van der Waals surface area contributed by atoms with Gasteiger partial charge in [-0.2, -0.15) is 0 Å². The van der Waals surface area contributed by atoms with Crippen LogP contribution >= 0.6 is 11.8 Å². The average molecular weight is 303 g/mol. The van der Waals surface area contributed by atoms with Crippen molar-refractivity contribution in [3.8, 4) is 5.75 Å². The number of carbonyl (C=O) groups excluding carboxylic acids is 1. The van der Waals surface area contributed by atoms with Crippen molar-refractivity contribution in [1.29, 1.82) is 0 Å². The normalized spacial score (nSPS) is 10.2. The number of benzene rings is 2. The van der Waals surface area contributed by atoms with Gasteiger partial charge in [-0.25, -0.2) is 4.79 Å². The van der Waals surface area contributed by atoms with E-state index in [9.17, 15) is 4.79 Å². The maximum atomic E-state index is 11.8. The van der Waals surface area contributed by atoms with Crippen LogP contribution in [0, 0.1) is 0 Å². The van der Waals surface area contributed by atoms with E-state index >= 15 is 0 Å². The minimum absolute atomic E-state index is 0.328. The first-order valence-corrected chi connectivity index (χ1v) is 7.35. The molecule has 2 rings (SSSR count). The van der Waals surface area contributed by atoms with E-state index < -0.39 is 5.97 Å². The summed E-state index contributed by atoms with van der Waals surface area (Å²) in [5.41, 5.74) is 6.91. The van der Waals surface area contributed by atoms with Gasteiger partial charge in [0.1, 0.15) is 5.75 Å². The second kappa shape index (κ2) is 7.04. The summed E-state index contributed by atoms with van der Waals surface area (Å²) in [4.78, 5) is 13.7. The zero-order valence-electron chi connectivity index (χ0n) is 12.0. The van der Waals surface area contributed by atoms with Gasteiger partial charge in [0.25, 0.3) is 0 Å². The van der Waals surface area contributed by atoms with Crippen LogP contribution in [-0.4, -0.2) is 19.7 Å². The van der Waals surface area contributed by atoms with Crippen LogP contribution in [0.4, 0.5) is 5.69 Å². The van der Waals surface area contributed by atoms with Gasteiger partial charge >= 0.3 is 5.97 Å². The maximum Gasteiger partial charge on any atom is 0.340 e. The zero-order valence-corrected chi connectivity index (χ0v) is 12.8. The molecule has 0 heterocycles. The predicted octanol–water partition coefficient (Wildman–Crippen LogP) is 3.61. The monoisotopic (exact) mass is 303 g/mol. The van der Waals surface area contributed by atoms with Gasteiger partial charge in [0.15, 0.2) is 0 Å². The SMILES string of the molecule is CCOC(=O)c1cccc(Sc2ccc(OC)cc2)c1N. The Labute approximate surface area is 128 Å². The first-order chi connectivity index (χ1) is 10.2. The van der Waals surface area contributed by atoms with E-state index in [0.717, 1.165) is 15.5 Å². The van der Waals surface area contributed by atoms with Crippen molar-refractivity contribution in [3.05, 3.63) is 48.0 Å². The number of nitrogen functional groups attached to an aromatic ring is 1. The van der Waals surface area contributed by atoms with E-state index in [1.54, 1.807) is 26.2 Å². The molecule has 0 atom stereocenters. The molecule has 0 aliphatic carbocycles. The van der Waals surface area contributed by atoms with Crippen LogP contribution in [0.15, 0.2) is 52.3 Å². The summed E-state index contributed by atoms with van der Waals surface area (Å²) < 4.78 is 10.1. The third-order valence-corrected chi connectivity index (χ3v) is 3.93. The molecule has 0 amide bonds. The third kappa shape index (κ3) is 3.70. The van der Waals surface area contributed by atoms with Gasteiger partial charge in [-0.3, -0.25) is 0 Å². The standard InChI is InChI=1S/C16H17NO3S/c1-3-20-16(18)13-5-4-6-14(15(13)17)21-12-9-7-11(19-2)8-10-12/h4-10H,3,17H2,1-2H3. The Kier molecular flexibility index (Phi) is 5.11. The smallest absolute Gasteiger partial charge is 0.340 e. The second-order valence-electron chi connectivity index (χ2n) is 4.22. The number of nitrogens with two attached hydrogens (primary N) is 1. The Morgan fingerprint density at radius 2 is 1.90 bits per heavy atom. The van der Waals surface area contributed by atoms with E-state index in [1.165, 1.54) is 11.8 Å². The van der Waals surface area contributed by atoms with Gasteiger partial charge in [0.05, 0.1) is 25.0 Å². The van der Waals surface area contributed by atoms with Gasteiger partial charge < -0.3 is 15.2 Å². The quantitative estimate of drug-likeness (QED) is 0.675. The predicted molar refractivity (Wildman–Crippen MR) is 83.9 cm³/mol. The zero-order chi connectivity index (χ0) is 15.2. The number of ether oxygens (including phenoxy) is 2. The molecular formula is C16H17NO3S. The summed E-state index contributed by atoms with van der Waals surface area (Å²) in [7, 11) is 1.63. The molecule has 4 nitrogen and oxygen atoms in total. The Hall–Kier alpha value is -2.14. The number of hydrogen-bond acceptors (Lipinski definition) is 5. The van der Waals surface area contributed by atoms with Crippen LogP contribution in [0.2, 0.25) is 0 Å². The molecule has 0 aliphatic heterocycles. The van der Waals surface area contributed by atoms with Crippen molar-refractivity contribution >= 4 is 23.4 Å². The van der Waals surface area contributed by atoms with E-state index in [4.69, 9.17) is 15.2 Å². The number of para-hydroxylation sites is 1. The topological polar surface area (TPSA) is 61.5 Å². The summed E-state index contributed by atoms with van der Waals surface area (Å²) in [5, 5.41) is 0. The van der Waals surface area contributed by atoms with Crippen LogP contribution < -0.4 is 10.5 Å². The van der Waals surface area contributed by atoms with Gasteiger partial charge in [-0.15, -0.1) is 0 Å². The van der Waals surface area contributed by atoms with Crippen molar-refractivity contribution in [2.45, 2.75) is 16.7 Å². The highest BCUT2D eigenvalue weighted by molar-refractivity contribution is 7.99. The fourth-order valence-corrected chi connectivity index (χ4v) is 2.68. The van der Waals surface area contributed by atoms with Crippen LogP contribution in [-0.2, 0) is 4.74 Å². The van der Waals surface area contributed by atoms with Crippen molar-refractivity contribution in [3.63, 3.8) is 0 Å². The van der Waals surface area contributed by atoms with Crippen molar-refractivity contribution < 1.29 is 14.3 Å². The van der Waals surface area contributed by atoms with Crippen molar-refractivity contribution in [2.24, 2.45) is 0 Å². The van der Waals surface area contributed by atoms with E-state index in [0.29, 0.717) is 17.9 Å². The van der Waals surface area contributed by atoms with Crippen molar-refractivity contribution in [2.75, 3.05) is 19.5 Å². The van der Waals surface area contributed by atoms with Crippen LogP contribution in [0.1, 0.15) is 17.3 Å². The number of anilines is 1. The Bertz CT molecular complexity index is 626. The molecule has 0 unspecified atom stereocenters. The molecule has 0 radical (unpaired) electrons. The molecule has 2 aromatic carbocycles. The Morgan fingerprint density at radius 3 is 2.52 bits per heavy atom. The molecule has 2 aromatic rings. The highest BCUT2D eigenvalue weighted by Crippen LogP contribution is 2.34. The highest BCUT2D eigenvalue weighted by atomic mass is 32.2. The van der Waals surface area contributed by atoms with Gasteiger partial charge in [-0.1, -0.05) is 17.8 Å². The number of methoxy groups -OCH3 is 1. The van der Waals surface area contributed by atoms with Gasteiger partial charge in [-0.05, 0) is 43.3 Å². The van der Waals surface area contributed by atoms with E-state index in [1.807, 2.05) is 30.3 Å². The summed E-state index contributed by atoms with van der Waals surface area (Å²) in [6.07, 6.45) is 0. The summed E-state index contributed by atoms with van der Waals surface area (Å²) in [6.45, 7) is 2.10. The second-order valence-corrected chi connectivity index (χ2v) is 5.33. The lowest BCUT2D eigenvalue weighted by molar-refractivity contribution is 0.0527. The van der Waals surface area contributed by atoms with E-state index in [-0.39, 0.29) is 0 Å². The lowest BCUT2D eigenvalue weighted by Gasteiger charge is -2.10. The number of rotatable bonds is 5. The Morgan fingerprint density at radius 1 is 1.19 bits per heavy atom. The average Bonchev–Trinajstić information content (AvgIpc) is 2.50. The molecule has 0 bridgehead atoms. The van der Waals surface area contributed by atoms with Gasteiger partial charge in [0.2, 0.25) is 0 Å². The molecule has 0 spiro atoms. The third-order valence-electron chi connectivity index (χ3n) is 2.85. The number of esters is 1. The minimum Gasteiger partial charge on any atom is -0.497 e. The molecule has 0 aliphatic rings. The molecule has 0 aromatic heterocycles. The summed E-state index contributed by atoms with van der Waals surface area (Å²) >= 11 is 1.49. The largest absolute Gasteiger partial charge is 0.497 e.